The van der Waals surface area contributed by atoms with Crippen LogP contribution in [0.1, 0.15) is 70.6 Å². The highest BCUT2D eigenvalue weighted by molar-refractivity contribution is 5.97. The number of non-ortho nitro benzene ring substituents is 1. The van der Waals surface area contributed by atoms with Gasteiger partial charge in [-0.05, 0) is 18.9 Å². The van der Waals surface area contributed by atoms with E-state index in [9.17, 15) is 20.2 Å². The number of carbonyl (C=O) groups is 1. The number of amides is 1. The summed E-state index contributed by atoms with van der Waals surface area (Å²) in [5, 5.41) is 26.3. The fourth-order valence-electron chi connectivity index (χ4n) is 3.78. The summed E-state index contributed by atoms with van der Waals surface area (Å²) in [6.45, 7) is 0. The Hall–Kier alpha value is -3.08. The van der Waals surface area contributed by atoms with Crippen molar-refractivity contribution in [2.75, 3.05) is 12.4 Å². The zero-order valence-corrected chi connectivity index (χ0v) is 18.2. The van der Waals surface area contributed by atoms with Gasteiger partial charge in [-0.25, -0.2) is 0 Å². The van der Waals surface area contributed by atoms with Crippen molar-refractivity contribution in [1.29, 1.82) is 5.26 Å². The van der Waals surface area contributed by atoms with Crippen molar-refractivity contribution in [3.8, 4) is 11.8 Å². The Kier molecular flexibility index (Phi) is 10.4. The summed E-state index contributed by atoms with van der Waals surface area (Å²) in [4.78, 5) is 23.1. The lowest BCUT2D eigenvalue weighted by atomic mass is 9.98. The minimum absolute atomic E-state index is 0.0495. The molecule has 0 spiro atoms. The highest BCUT2D eigenvalue weighted by atomic mass is 16.6. The van der Waals surface area contributed by atoms with Gasteiger partial charge in [0.15, 0.2) is 0 Å². The number of rotatable bonds is 6. The van der Waals surface area contributed by atoms with Gasteiger partial charge in [-0.3, -0.25) is 14.9 Å². The van der Waals surface area contributed by atoms with Crippen molar-refractivity contribution in [1.82, 2.24) is 5.32 Å². The van der Waals surface area contributed by atoms with Crippen molar-refractivity contribution < 1.29 is 14.5 Å². The Morgan fingerprint density at radius 3 is 2.23 bits per heavy atom. The van der Waals surface area contributed by atoms with E-state index in [2.05, 4.69) is 10.6 Å². The normalized spacial score (nSPS) is 16.8. The first-order chi connectivity index (χ1) is 15.0. The van der Waals surface area contributed by atoms with E-state index >= 15 is 0 Å². The summed E-state index contributed by atoms with van der Waals surface area (Å²) >= 11 is 0. The van der Waals surface area contributed by atoms with Crippen LogP contribution in [-0.2, 0) is 4.79 Å². The SMILES string of the molecule is COc1cc([N+](=O)[O-])ccc1N/C=C(/C#N)C(=O)NC1CCCCCCCCCCC1. The van der Waals surface area contributed by atoms with E-state index in [1.807, 2.05) is 6.07 Å². The summed E-state index contributed by atoms with van der Waals surface area (Å²) in [6, 6.07) is 6.10. The Labute approximate surface area is 183 Å². The van der Waals surface area contributed by atoms with E-state index in [1.165, 1.54) is 76.5 Å². The molecule has 0 bridgehead atoms. The van der Waals surface area contributed by atoms with Gasteiger partial charge in [0.1, 0.15) is 17.4 Å². The molecule has 1 aliphatic rings. The van der Waals surface area contributed by atoms with Gasteiger partial charge < -0.3 is 15.4 Å². The molecule has 8 heteroatoms. The van der Waals surface area contributed by atoms with Crippen LogP contribution in [0.25, 0.3) is 0 Å². The number of anilines is 1. The molecule has 1 aliphatic carbocycles. The first-order valence-electron chi connectivity index (χ1n) is 11.0. The summed E-state index contributed by atoms with van der Waals surface area (Å²) in [6.07, 6.45) is 14.1. The number of nitro groups is 1. The fraction of sp³-hybridized carbons (Fsp3) is 0.565. The predicted molar refractivity (Wildman–Crippen MR) is 120 cm³/mol. The number of nitro benzene ring substituents is 1. The number of benzene rings is 1. The van der Waals surface area contributed by atoms with Gasteiger partial charge in [-0.2, -0.15) is 5.26 Å². The molecule has 1 amide bonds. The van der Waals surface area contributed by atoms with Crippen molar-refractivity contribution in [2.24, 2.45) is 0 Å². The van der Waals surface area contributed by atoms with Crippen LogP contribution in [0.5, 0.6) is 5.75 Å². The van der Waals surface area contributed by atoms with Crippen LogP contribution >= 0.6 is 0 Å². The van der Waals surface area contributed by atoms with Crippen molar-refractivity contribution in [2.45, 2.75) is 76.7 Å². The number of nitrogens with zero attached hydrogens (tertiary/aromatic N) is 2. The first kappa shape index (κ1) is 24.2. The van der Waals surface area contributed by atoms with Crippen molar-refractivity contribution >= 4 is 17.3 Å². The van der Waals surface area contributed by atoms with Crippen molar-refractivity contribution in [3.05, 3.63) is 40.1 Å². The van der Waals surface area contributed by atoms with Crippen LogP contribution in [0.4, 0.5) is 11.4 Å². The maximum Gasteiger partial charge on any atom is 0.273 e. The summed E-state index contributed by atoms with van der Waals surface area (Å²) < 4.78 is 5.17. The molecule has 0 saturated heterocycles. The monoisotopic (exact) mass is 428 g/mol. The second-order valence-corrected chi connectivity index (χ2v) is 7.89. The summed E-state index contributed by atoms with van der Waals surface area (Å²) in [7, 11) is 1.40. The lowest BCUT2D eigenvalue weighted by Gasteiger charge is -2.19. The van der Waals surface area contributed by atoms with Gasteiger partial charge in [0.25, 0.3) is 11.6 Å². The minimum atomic E-state index is -0.515. The number of hydrogen-bond acceptors (Lipinski definition) is 6. The predicted octanol–water partition coefficient (Wildman–Crippen LogP) is 5.21. The van der Waals surface area contributed by atoms with Crippen LogP contribution in [0, 0.1) is 21.4 Å². The number of hydrogen-bond donors (Lipinski definition) is 2. The molecule has 2 rings (SSSR count). The highest BCUT2D eigenvalue weighted by Crippen LogP contribution is 2.29. The molecule has 0 heterocycles. The molecule has 31 heavy (non-hydrogen) atoms. The van der Waals surface area contributed by atoms with Crippen LogP contribution < -0.4 is 15.4 Å². The molecule has 0 aromatic heterocycles. The zero-order chi connectivity index (χ0) is 22.5. The molecular weight excluding hydrogens is 396 g/mol. The second-order valence-electron chi connectivity index (χ2n) is 7.89. The fourth-order valence-corrected chi connectivity index (χ4v) is 3.78. The molecular formula is C23H32N4O4. The van der Waals surface area contributed by atoms with Gasteiger partial charge in [0.05, 0.1) is 23.8 Å². The van der Waals surface area contributed by atoms with Gasteiger partial charge in [0, 0.05) is 18.3 Å². The average molecular weight is 429 g/mol. The zero-order valence-electron chi connectivity index (χ0n) is 18.2. The van der Waals surface area contributed by atoms with Crippen LogP contribution in [-0.4, -0.2) is 24.0 Å². The number of nitriles is 1. The second kappa shape index (κ2) is 13.3. The van der Waals surface area contributed by atoms with E-state index in [1.54, 1.807) is 0 Å². The van der Waals surface area contributed by atoms with Crippen LogP contribution in [0.15, 0.2) is 30.0 Å². The van der Waals surface area contributed by atoms with E-state index in [0.29, 0.717) is 5.69 Å². The molecule has 0 atom stereocenters. The van der Waals surface area contributed by atoms with Crippen molar-refractivity contribution in [3.63, 3.8) is 0 Å². The van der Waals surface area contributed by atoms with E-state index in [0.717, 1.165) is 25.7 Å². The summed E-state index contributed by atoms with van der Waals surface area (Å²) in [5.41, 5.74) is 0.276. The Morgan fingerprint density at radius 2 is 1.71 bits per heavy atom. The number of carbonyl (C=O) groups excluding carboxylic acids is 1. The largest absolute Gasteiger partial charge is 0.494 e. The number of ether oxygens (including phenoxy) is 1. The van der Waals surface area contributed by atoms with Gasteiger partial charge in [-0.1, -0.05) is 57.8 Å². The number of nitrogens with one attached hydrogen (secondary N) is 2. The van der Waals surface area contributed by atoms with E-state index in [-0.39, 0.29) is 23.1 Å². The van der Waals surface area contributed by atoms with Crippen LogP contribution in [0.2, 0.25) is 0 Å². The molecule has 1 aromatic carbocycles. The molecule has 168 valence electrons. The average Bonchev–Trinajstić information content (AvgIpc) is 2.76. The molecule has 0 aliphatic heterocycles. The Balaban J connectivity index is 2.01. The number of methoxy groups -OCH3 is 1. The van der Waals surface area contributed by atoms with Gasteiger partial charge in [0.2, 0.25) is 0 Å². The smallest absolute Gasteiger partial charge is 0.273 e. The van der Waals surface area contributed by atoms with E-state index < -0.39 is 10.8 Å². The standard InChI is InChI=1S/C23H32N4O4/c1-31-22-15-20(27(29)30)13-14-21(22)25-17-18(16-24)23(28)26-19-11-9-7-5-3-2-4-6-8-10-12-19/h13-15,17,19,25H,2-12H2,1H3,(H,26,28)/b18-17-. The van der Waals surface area contributed by atoms with E-state index in [4.69, 9.17) is 4.74 Å². The molecule has 1 fully saturated rings. The third kappa shape index (κ3) is 8.28. The molecule has 0 radical (unpaired) electrons. The molecule has 1 saturated carbocycles. The molecule has 0 unspecified atom stereocenters. The lowest BCUT2D eigenvalue weighted by Crippen LogP contribution is -2.35. The lowest BCUT2D eigenvalue weighted by molar-refractivity contribution is -0.384. The quantitative estimate of drug-likeness (QED) is 0.278. The molecule has 8 nitrogen and oxygen atoms in total. The topological polar surface area (TPSA) is 117 Å². The maximum atomic E-state index is 12.7. The summed E-state index contributed by atoms with van der Waals surface area (Å²) in [5.74, 6) is -0.157. The van der Waals surface area contributed by atoms with Crippen LogP contribution in [0.3, 0.4) is 0 Å². The Morgan fingerprint density at radius 1 is 1.13 bits per heavy atom. The Bertz CT molecular complexity index is 804. The van der Waals surface area contributed by atoms with Gasteiger partial charge in [-0.15, -0.1) is 0 Å². The third-order valence-electron chi connectivity index (χ3n) is 5.57. The first-order valence-corrected chi connectivity index (χ1v) is 11.0. The molecule has 1 aromatic rings. The third-order valence-corrected chi connectivity index (χ3v) is 5.57. The highest BCUT2D eigenvalue weighted by Gasteiger charge is 2.17. The maximum absolute atomic E-state index is 12.7. The minimum Gasteiger partial charge on any atom is -0.494 e. The molecule has 2 N–H and O–H groups in total. The van der Waals surface area contributed by atoms with Gasteiger partial charge >= 0.3 is 0 Å².